The number of aromatic nitrogens is 2. The van der Waals surface area contributed by atoms with Crippen LogP contribution in [0, 0.1) is 0 Å². The summed E-state index contributed by atoms with van der Waals surface area (Å²) in [4.78, 5) is 8.51. The van der Waals surface area contributed by atoms with E-state index in [0.717, 1.165) is 24.4 Å². The Bertz CT molecular complexity index is 485. The van der Waals surface area contributed by atoms with Crippen molar-refractivity contribution in [1.29, 1.82) is 0 Å². The molecule has 2 aromatic rings. The van der Waals surface area contributed by atoms with E-state index in [0.29, 0.717) is 0 Å². The first-order valence-corrected chi connectivity index (χ1v) is 6.45. The van der Waals surface area contributed by atoms with E-state index < -0.39 is 0 Å². The lowest BCUT2D eigenvalue weighted by atomic mass is 10.0. The number of rotatable bonds is 6. The van der Waals surface area contributed by atoms with Gasteiger partial charge in [-0.1, -0.05) is 19.1 Å². The normalized spacial score (nSPS) is 12.1. The SMILES string of the molecule is CCNC(Cc1ccc(OC)cc1)c1cnccn1. The van der Waals surface area contributed by atoms with Crippen molar-refractivity contribution in [3.05, 3.63) is 54.1 Å². The molecule has 0 spiro atoms. The van der Waals surface area contributed by atoms with Crippen LogP contribution in [0.25, 0.3) is 0 Å². The average Bonchev–Trinajstić information content (AvgIpc) is 2.48. The molecule has 0 radical (unpaired) electrons. The van der Waals surface area contributed by atoms with E-state index in [1.807, 2.05) is 18.3 Å². The fourth-order valence-electron chi connectivity index (χ4n) is 2.02. The maximum atomic E-state index is 5.17. The fourth-order valence-corrected chi connectivity index (χ4v) is 2.02. The molecule has 0 bridgehead atoms. The van der Waals surface area contributed by atoms with Gasteiger partial charge in [0.25, 0.3) is 0 Å². The van der Waals surface area contributed by atoms with Gasteiger partial charge < -0.3 is 10.1 Å². The van der Waals surface area contributed by atoms with Crippen molar-refractivity contribution in [3.63, 3.8) is 0 Å². The van der Waals surface area contributed by atoms with E-state index in [9.17, 15) is 0 Å². The highest BCUT2D eigenvalue weighted by Gasteiger charge is 2.12. The molecule has 2 rings (SSSR count). The molecule has 0 amide bonds. The molecule has 4 heteroatoms. The molecule has 19 heavy (non-hydrogen) atoms. The molecule has 0 aliphatic carbocycles. The smallest absolute Gasteiger partial charge is 0.118 e. The highest BCUT2D eigenvalue weighted by atomic mass is 16.5. The molecule has 4 nitrogen and oxygen atoms in total. The summed E-state index contributed by atoms with van der Waals surface area (Å²) in [7, 11) is 1.68. The lowest BCUT2D eigenvalue weighted by Crippen LogP contribution is -2.24. The first-order valence-electron chi connectivity index (χ1n) is 6.45. The monoisotopic (exact) mass is 257 g/mol. The van der Waals surface area contributed by atoms with Crippen LogP contribution in [0.3, 0.4) is 0 Å². The van der Waals surface area contributed by atoms with Crippen molar-refractivity contribution in [1.82, 2.24) is 15.3 Å². The van der Waals surface area contributed by atoms with Crippen LogP contribution < -0.4 is 10.1 Å². The Kier molecular flexibility index (Phi) is 4.86. The number of methoxy groups -OCH3 is 1. The van der Waals surface area contributed by atoms with Crippen LogP contribution in [0.2, 0.25) is 0 Å². The van der Waals surface area contributed by atoms with Crippen molar-refractivity contribution in [2.45, 2.75) is 19.4 Å². The summed E-state index contributed by atoms with van der Waals surface area (Å²) in [6.45, 7) is 2.99. The molecule has 100 valence electrons. The summed E-state index contributed by atoms with van der Waals surface area (Å²) in [5, 5.41) is 3.44. The average molecular weight is 257 g/mol. The predicted molar refractivity (Wildman–Crippen MR) is 75.1 cm³/mol. The van der Waals surface area contributed by atoms with E-state index >= 15 is 0 Å². The maximum Gasteiger partial charge on any atom is 0.118 e. The van der Waals surface area contributed by atoms with Gasteiger partial charge in [0.2, 0.25) is 0 Å². The van der Waals surface area contributed by atoms with Gasteiger partial charge >= 0.3 is 0 Å². The zero-order valence-electron chi connectivity index (χ0n) is 11.3. The van der Waals surface area contributed by atoms with Crippen molar-refractivity contribution >= 4 is 0 Å². The molecule has 0 fully saturated rings. The summed E-state index contributed by atoms with van der Waals surface area (Å²) in [5.41, 5.74) is 2.22. The largest absolute Gasteiger partial charge is 0.497 e. The molecule has 1 atom stereocenters. The number of nitrogens with zero attached hydrogens (tertiary/aromatic N) is 2. The van der Waals surface area contributed by atoms with Crippen LogP contribution in [-0.2, 0) is 6.42 Å². The van der Waals surface area contributed by atoms with Gasteiger partial charge in [0, 0.05) is 18.6 Å². The third-order valence-electron chi connectivity index (χ3n) is 2.99. The molecule has 0 saturated carbocycles. The van der Waals surface area contributed by atoms with Gasteiger partial charge in [-0.25, -0.2) is 0 Å². The predicted octanol–water partition coefficient (Wildman–Crippen LogP) is 2.38. The Hall–Kier alpha value is -1.94. The Balaban J connectivity index is 2.11. The molecular formula is C15H19N3O. The lowest BCUT2D eigenvalue weighted by molar-refractivity contribution is 0.414. The second-order valence-electron chi connectivity index (χ2n) is 4.29. The Morgan fingerprint density at radius 2 is 2.00 bits per heavy atom. The Morgan fingerprint density at radius 1 is 1.21 bits per heavy atom. The summed E-state index contributed by atoms with van der Waals surface area (Å²) in [5.74, 6) is 0.878. The van der Waals surface area contributed by atoms with Crippen LogP contribution >= 0.6 is 0 Å². The minimum atomic E-state index is 0.187. The van der Waals surface area contributed by atoms with E-state index in [2.05, 4.69) is 34.3 Å². The van der Waals surface area contributed by atoms with Crippen molar-refractivity contribution in [2.24, 2.45) is 0 Å². The molecule has 1 heterocycles. The summed E-state index contributed by atoms with van der Waals surface area (Å²) in [6.07, 6.45) is 6.13. The number of nitrogens with one attached hydrogen (secondary N) is 1. The standard InChI is InChI=1S/C15H19N3O/c1-3-17-14(15-11-16-8-9-18-15)10-12-4-6-13(19-2)7-5-12/h4-9,11,14,17H,3,10H2,1-2H3. The minimum Gasteiger partial charge on any atom is -0.497 e. The second-order valence-corrected chi connectivity index (χ2v) is 4.29. The maximum absolute atomic E-state index is 5.17. The van der Waals surface area contributed by atoms with E-state index in [1.54, 1.807) is 19.5 Å². The molecule has 0 aliphatic rings. The number of benzene rings is 1. The topological polar surface area (TPSA) is 47.0 Å². The molecule has 0 aliphatic heterocycles. The van der Waals surface area contributed by atoms with Crippen LogP contribution in [0.1, 0.15) is 24.2 Å². The zero-order valence-corrected chi connectivity index (χ0v) is 11.3. The number of hydrogen-bond acceptors (Lipinski definition) is 4. The third kappa shape index (κ3) is 3.76. The number of hydrogen-bond donors (Lipinski definition) is 1. The molecule has 1 unspecified atom stereocenters. The summed E-state index contributed by atoms with van der Waals surface area (Å²) >= 11 is 0. The third-order valence-corrected chi connectivity index (χ3v) is 2.99. The van der Waals surface area contributed by atoms with Crippen LogP contribution in [0.4, 0.5) is 0 Å². The van der Waals surface area contributed by atoms with Gasteiger partial charge in [-0.2, -0.15) is 0 Å². The second kappa shape index (κ2) is 6.85. The molecular weight excluding hydrogens is 238 g/mol. The van der Waals surface area contributed by atoms with Crippen LogP contribution in [0.15, 0.2) is 42.9 Å². The Morgan fingerprint density at radius 3 is 2.58 bits per heavy atom. The number of likely N-dealkylation sites (N-methyl/N-ethyl adjacent to an activating group) is 1. The summed E-state index contributed by atoms with van der Waals surface area (Å²) < 4.78 is 5.17. The molecule has 1 aromatic heterocycles. The van der Waals surface area contributed by atoms with Gasteiger partial charge in [-0.3, -0.25) is 9.97 Å². The molecule has 1 N–H and O–H groups in total. The van der Waals surface area contributed by atoms with Crippen molar-refractivity contribution in [3.8, 4) is 5.75 Å². The first-order chi connectivity index (χ1) is 9.33. The lowest BCUT2D eigenvalue weighted by Gasteiger charge is -2.17. The van der Waals surface area contributed by atoms with Crippen LogP contribution in [0.5, 0.6) is 5.75 Å². The minimum absolute atomic E-state index is 0.187. The first kappa shape index (κ1) is 13.5. The highest BCUT2D eigenvalue weighted by Crippen LogP contribution is 2.18. The zero-order chi connectivity index (χ0) is 13.5. The Labute approximate surface area is 113 Å². The van der Waals surface area contributed by atoms with Crippen LogP contribution in [-0.4, -0.2) is 23.6 Å². The van der Waals surface area contributed by atoms with E-state index in [4.69, 9.17) is 4.74 Å². The highest BCUT2D eigenvalue weighted by molar-refractivity contribution is 5.28. The quantitative estimate of drug-likeness (QED) is 0.863. The van der Waals surface area contributed by atoms with Gasteiger partial charge in [0.05, 0.1) is 18.8 Å². The van der Waals surface area contributed by atoms with Gasteiger partial charge in [-0.05, 0) is 30.7 Å². The molecule has 0 saturated heterocycles. The van der Waals surface area contributed by atoms with Gasteiger partial charge in [0.1, 0.15) is 5.75 Å². The van der Waals surface area contributed by atoms with Gasteiger partial charge in [-0.15, -0.1) is 0 Å². The van der Waals surface area contributed by atoms with Gasteiger partial charge in [0.15, 0.2) is 0 Å². The van der Waals surface area contributed by atoms with Crippen molar-refractivity contribution < 1.29 is 4.74 Å². The molecule has 1 aromatic carbocycles. The van der Waals surface area contributed by atoms with E-state index in [1.165, 1.54) is 5.56 Å². The fraction of sp³-hybridized carbons (Fsp3) is 0.333. The summed E-state index contributed by atoms with van der Waals surface area (Å²) in [6, 6.07) is 8.32. The number of ether oxygens (including phenoxy) is 1. The van der Waals surface area contributed by atoms with Crippen molar-refractivity contribution in [2.75, 3.05) is 13.7 Å². The van der Waals surface area contributed by atoms with E-state index in [-0.39, 0.29) is 6.04 Å².